The molecule has 0 atom stereocenters. The molecule has 0 amide bonds. The minimum absolute atomic E-state index is 0.0425. The second-order valence-electron chi connectivity index (χ2n) is 4.54. The predicted molar refractivity (Wildman–Crippen MR) is 72.2 cm³/mol. The van der Waals surface area contributed by atoms with Crippen LogP contribution < -0.4 is 4.74 Å². The van der Waals surface area contributed by atoms with Crippen molar-refractivity contribution in [1.82, 2.24) is 0 Å². The van der Waals surface area contributed by atoms with Gasteiger partial charge < -0.3 is 4.74 Å². The van der Waals surface area contributed by atoms with Crippen LogP contribution in [0.25, 0.3) is 11.1 Å². The molecule has 0 saturated heterocycles. The topological polar surface area (TPSA) is 26.3 Å². The highest BCUT2D eigenvalue weighted by Gasteiger charge is 2.19. The molecule has 6 heteroatoms. The maximum Gasteiger partial charge on any atom is 0.338 e. The first-order valence-corrected chi connectivity index (χ1v) is 6.12. The van der Waals surface area contributed by atoms with E-state index >= 15 is 0 Å². The molecule has 2 rings (SSSR count). The highest BCUT2D eigenvalue weighted by molar-refractivity contribution is 5.88. The van der Waals surface area contributed by atoms with Gasteiger partial charge in [0, 0.05) is 11.1 Å². The van der Waals surface area contributed by atoms with Crippen molar-refractivity contribution in [2.75, 3.05) is 0 Å². The fraction of sp³-hybridized carbons (Fsp3) is 0.0625. The predicted octanol–water partition coefficient (Wildman–Crippen LogP) is 4.39. The number of rotatable bonds is 3. The molecule has 22 heavy (non-hydrogen) atoms. The summed E-state index contributed by atoms with van der Waals surface area (Å²) >= 11 is 0. The molecule has 0 fully saturated rings. The fourth-order valence-corrected chi connectivity index (χ4v) is 1.72. The Kier molecular flexibility index (Phi) is 4.30. The van der Waals surface area contributed by atoms with E-state index in [9.17, 15) is 22.4 Å². The number of ether oxygens (including phenoxy) is 1. The summed E-state index contributed by atoms with van der Waals surface area (Å²) in [6.45, 7) is 4.60. The van der Waals surface area contributed by atoms with Crippen molar-refractivity contribution in [3.05, 3.63) is 65.8 Å². The summed E-state index contributed by atoms with van der Waals surface area (Å²) in [7, 11) is 0. The van der Waals surface area contributed by atoms with E-state index in [-0.39, 0.29) is 16.7 Å². The standard InChI is InChI=1S/C16H10F4O2/c1-8(2)16(21)22-15-12(18)6-9(7-13(15)19)10-4-3-5-11(17)14(10)20/h3-7H,1H2,2H3. The van der Waals surface area contributed by atoms with Crippen LogP contribution in [0.15, 0.2) is 42.5 Å². The van der Waals surface area contributed by atoms with Gasteiger partial charge in [0.1, 0.15) is 0 Å². The van der Waals surface area contributed by atoms with Crippen molar-refractivity contribution in [1.29, 1.82) is 0 Å². The molecule has 114 valence electrons. The monoisotopic (exact) mass is 310 g/mol. The van der Waals surface area contributed by atoms with Gasteiger partial charge in [-0.05, 0) is 30.7 Å². The second-order valence-corrected chi connectivity index (χ2v) is 4.54. The largest absolute Gasteiger partial charge is 0.417 e. The van der Waals surface area contributed by atoms with Crippen molar-refractivity contribution in [2.24, 2.45) is 0 Å². The first-order valence-electron chi connectivity index (χ1n) is 6.12. The van der Waals surface area contributed by atoms with Crippen LogP contribution >= 0.6 is 0 Å². The van der Waals surface area contributed by atoms with Gasteiger partial charge >= 0.3 is 5.97 Å². The third kappa shape index (κ3) is 3.00. The lowest BCUT2D eigenvalue weighted by Crippen LogP contribution is -2.11. The zero-order chi connectivity index (χ0) is 16.4. The molecule has 0 aliphatic carbocycles. The maximum atomic E-state index is 13.9. The minimum Gasteiger partial charge on any atom is -0.417 e. The van der Waals surface area contributed by atoms with Gasteiger partial charge in [0.2, 0.25) is 5.75 Å². The van der Waals surface area contributed by atoms with E-state index in [0.29, 0.717) is 0 Å². The Hall–Kier alpha value is -2.63. The molecular formula is C16H10F4O2. The van der Waals surface area contributed by atoms with Crippen molar-refractivity contribution in [3.63, 3.8) is 0 Å². The fourth-order valence-electron chi connectivity index (χ4n) is 1.72. The lowest BCUT2D eigenvalue weighted by atomic mass is 10.0. The molecule has 0 bridgehead atoms. The third-order valence-corrected chi connectivity index (χ3v) is 2.80. The Balaban J connectivity index is 2.48. The van der Waals surface area contributed by atoms with E-state index in [2.05, 4.69) is 11.3 Å². The van der Waals surface area contributed by atoms with E-state index in [1.807, 2.05) is 0 Å². The first-order chi connectivity index (χ1) is 10.3. The van der Waals surface area contributed by atoms with Crippen LogP contribution in [0.3, 0.4) is 0 Å². The summed E-state index contributed by atoms with van der Waals surface area (Å²) in [6, 6.07) is 4.77. The molecule has 2 nitrogen and oxygen atoms in total. The van der Waals surface area contributed by atoms with Crippen molar-refractivity contribution in [2.45, 2.75) is 6.92 Å². The zero-order valence-electron chi connectivity index (χ0n) is 11.4. The van der Waals surface area contributed by atoms with Gasteiger partial charge in [-0.3, -0.25) is 0 Å². The van der Waals surface area contributed by atoms with Crippen LogP contribution in [0.2, 0.25) is 0 Å². The first kappa shape index (κ1) is 15.8. The average molecular weight is 310 g/mol. The summed E-state index contributed by atoms with van der Waals surface area (Å²) in [6.07, 6.45) is 0. The highest BCUT2D eigenvalue weighted by atomic mass is 19.2. The second kappa shape index (κ2) is 6.01. The van der Waals surface area contributed by atoms with Gasteiger partial charge in [0.05, 0.1) is 0 Å². The molecule has 0 saturated carbocycles. The number of carbonyl (C=O) groups is 1. The summed E-state index contributed by atoms with van der Waals surface area (Å²) in [5.41, 5.74) is -0.572. The van der Waals surface area contributed by atoms with E-state index in [4.69, 9.17) is 0 Å². The van der Waals surface area contributed by atoms with Crippen molar-refractivity contribution >= 4 is 5.97 Å². The Morgan fingerprint density at radius 3 is 2.18 bits per heavy atom. The van der Waals surface area contributed by atoms with Gasteiger partial charge in [-0.15, -0.1) is 0 Å². The third-order valence-electron chi connectivity index (χ3n) is 2.80. The molecule has 0 heterocycles. The van der Waals surface area contributed by atoms with Crippen LogP contribution in [-0.4, -0.2) is 5.97 Å². The van der Waals surface area contributed by atoms with Gasteiger partial charge in [-0.25, -0.2) is 22.4 Å². The molecular weight excluding hydrogens is 300 g/mol. The number of carbonyl (C=O) groups excluding carboxylic acids is 1. The maximum absolute atomic E-state index is 13.9. The number of esters is 1. The minimum atomic E-state index is -1.23. The average Bonchev–Trinajstić information content (AvgIpc) is 2.45. The molecule has 0 spiro atoms. The Labute approximate surface area is 123 Å². The van der Waals surface area contributed by atoms with Crippen molar-refractivity contribution < 1.29 is 27.1 Å². The molecule has 0 radical (unpaired) electrons. The summed E-state index contributed by atoms with van der Waals surface area (Å²) < 4.78 is 59.1. The molecule has 0 unspecified atom stereocenters. The summed E-state index contributed by atoms with van der Waals surface area (Å²) in [5, 5.41) is 0. The molecule has 0 N–H and O–H groups in total. The Morgan fingerprint density at radius 1 is 1.05 bits per heavy atom. The summed E-state index contributed by atoms with van der Waals surface area (Å²) in [4.78, 5) is 11.3. The van der Waals surface area contributed by atoms with Crippen LogP contribution in [0, 0.1) is 23.3 Å². The smallest absolute Gasteiger partial charge is 0.338 e. The SMILES string of the molecule is C=C(C)C(=O)Oc1c(F)cc(-c2cccc(F)c2F)cc1F. The lowest BCUT2D eigenvalue weighted by molar-refractivity contribution is -0.130. The van der Waals surface area contributed by atoms with Crippen LogP contribution in [0.4, 0.5) is 17.6 Å². The molecule has 0 aliphatic rings. The van der Waals surface area contributed by atoms with Gasteiger partial charge in [0.25, 0.3) is 0 Å². The Morgan fingerprint density at radius 2 is 1.64 bits per heavy atom. The lowest BCUT2D eigenvalue weighted by Gasteiger charge is -2.09. The van der Waals surface area contributed by atoms with E-state index in [0.717, 1.165) is 18.2 Å². The quantitative estimate of drug-likeness (QED) is 0.364. The number of benzene rings is 2. The van der Waals surface area contributed by atoms with Crippen LogP contribution in [-0.2, 0) is 4.79 Å². The van der Waals surface area contributed by atoms with Gasteiger partial charge in [-0.1, -0.05) is 18.7 Å². The van der Waals surface area contributed by atoms with Crippen LogP contribution in [0.5, 0.6) is 5.75 Å². The normalized spacial score (nSPS) is 10.4. The molecule has 2 aromatic carbocycles. The number of hydrogen-bond acceptors (Lipinski definition) is 2. The molecule has 0 aromatic heterocycles. The Bertz CT molecular complexity index is 746. The van der Waals surface area contributed by atoms with Gasteiger partial charge in [-0.2, -0.15) is 0 Å². The number of halogens is 4. The zero-order valence-corrected chi connectivity index (χ0v) is 11.4. The van der Waals surface area contributed by atoms with Gasteiger partial charge in [0.15, 0.2) is 23.3 Å². The van der Waals surface area contributed by atoms with E-state index in [1.165, 1.54) is 19.1 Å². The molecule has 2 aromatic rings. The van der Waals surface area contributed by atoms with Crippen molar-refractivity contribution in [3.8, 4) is 16.9 Å². The molecule has 0 aliphatic heterocycles. The highest BCUT2D eigenvalue weighted by Crippen LogP contribution is 2.31. The summed E-state index contributed by atoms with van der Waals surface area (Å²) in [5.74, 6) is -6.72. The van der Waals surface area contributed by atoms with E-state index in [1.54, 1.807) is 0 Å². The number of hydrogen-bond donors (Lipinski definition) is 0. The van der Waals surface area contributed by atoms with E-state index < -0.39 is 35.0 Å². The van der Waals surface area contributed by atoms with Crippen LogP contribution in [0.1, 0.15) is 6.92 Å².